The van der Waals surface area contributed by atoms with Gasteiger partial charge < -0.3 is 5.11 Å². The van der Waals surface area contributed by atoms with Crippen LogP contribution in [0.1, 0.15) is 98.3 Å². The number of hydrogen-bond acceptors (Lipinski definition) is 1. The van der Waals surface area contributed by atoms with Gasteiger partial charge in [0.05, 0.1) is 6.10 Å². The Morgan fingerprint density at radius 2 is 1.86 bits per heavy atom. The van der Waals surface area contributed by atoms with Gasteiger partial charge in [-0.2, -0.15) is 0 Å². The molecule has 2 heteroatoms. The zero-order valence-electron chi connectivity index (χ0n) is 19.4. The van der Waals surface area contributed by atoms with E-state index < -0.39 is 0 Å². The lowest BCUT2D eigenvalue weighted by molar-refractivity contribution is -0.0548. The van der Waals surface area contributed by atoms with Gasteiger partial charge in [0.2, 0.25) is 0 Å². The van der Waals surface area contributed by atoms with E-state index in [1.807, 2.05) is 0 Å². The van der Waals surface area contributed by atoms with E-state index in [1.165, 1.54) is 62.2 Å². The van der Waals surface area contributed by atoms with E-state index in [0.29, 0.717) is 10.8 Å². The number of alkyl halides is 1. The Hall–Kier alpha value is 0.430. The molecule has 0 amide bonds. The van der Waals surface area contributed by atoms with Gasteiger partial charge in [0.1, 0.15) is 0 Å². The van der Waals surface area contributed by atoms with Crippen LogP contribution in [-0.2, 0) is 0 Å². The molecule has 1 nitrogen and oxygen atoms in total. The van der Waals surface area contributed by atoms with Gasteiger partial charge in [-0.3, -0.25) is 0 Å². The largest absolute Gasteiger partial charge is 0.393 e. The Labute approximate surface area is 194 Å². The molecule has 0 heterocycles. The summed E-state index contributed by atoms with van der Waals surface area (Å²) in [5.74, 6) is 5.46. The molecule has 0 aliphatic heterocycles. The fourth-order valence-electron chi connectivity index (χ4n) is 8.71. The molecule has 0 saturated heterocycles. The predicted octanol–water partition coefficient (Wildman–Crippen LogP) is 7.80. The third-order valence-corrected chi connectivity index (χ3v) is 11.6. The summed E-state index contributed by atoms with van der Waals surface area (Å²) in [6, 6.07) is 0. The monoisotopic (exact) mass is 512 g/mol. The van der Waals surface area contributed by atoms with E-state index in [4.69, 9.17) is 0 Å². The maximum Gasteiger partial charge on any atom is 0.0577 e. The summed E-state index contributed by atoms with van der Waals surface area (Å²) in [5.41, 5.74) is 2.65. The highest BCUT2D eigenvalue weighted by Gasteiger charge is 2.59. The maximum absolute atomic E-state index is 10.3. The predicted molar refractivity (Wildman–Crippen MR) is 132 cm³/mol. The second-order valence-corrected chi connectivity index (χ2v) is 12.8. The third kappa shape index (κ3) is 3.89. The van der Waals surface area contributed by atoms with E-state index in [2.05, 4.69) is 56.4 Å². The van der Waals surface area contributed by atoms with Crippen molar-refractivity contribution < 1.29 is 5.11 Å². The molecule has 0 aromatic carbocycles. The summed E-state index contributed by atoms with van der Waals surface area (Å²) in [5, 5.41) is 10.3. The fourth-order valence-corrected chi connectivity index (χ4v) is 10.1. The molecule has 3 saturated carbocycles. The average Bonchev–Trinajstić information content (AvgIpc) is 3.04. The minimum absolute atomic E-state index is 0.0784. The highest BCUT2D eigenvalue weighted by atomic mass is 127. The van der Waals surface area contributed by atoms with E-state index in [9.17, 15) is 5.11 Å². The van der Waals surface area contributed by atoms with Gasteiger partial charge in [0, 0.05) is 9.84 Å². The Bertz CT molecular complexity index is 612. The maximum atomic E-state index is 10.3. The molecule has 4 aliphatic rings. The zero-order chi connectivity index (χ0) is 20.8. The van der Waals surface area contributed by atoms with Gasteiger partial charge in [-0.25, -0.2) is 0 Å². The molecular formula is C27H45IO. The Morgan fingerprint density at radius 1 is 1.07 bits per heavy atom. The summed E-state index contributed by atoms with van der Waals surface area (Å²) in [7, 11) is 0. The van der Waals surface area contributed by atoms with E-state index >= 15 is 0 Å². The molecular weight excluding hydrogens is 467 g/mol. The first-order chi connectivity index (χ1) is 13.8. The number of aliphatic hydroxyl groups excluding tert-OH is 1. The topological polar surface area (TPSA) is 20.2 Å². The first kappa shape index (κ1) is 22.6. The van der Waals surface area contributed by atoms with Crippen molar-refractivity contribution in [2.45, 2.75) is 104 Å². The van der Waals surface area contributed by atoms with Crippen LogP contribution in [0.25, 0.3) is 0 Å². The van der Waals surface area contributed by atoms with Gasteiger partial charge in [-0.15, -0.1) is 0 Å². The van der Waals surface area contributed by atoms with Crippen molar-refractivity contribution >= 4 is 22.6 Å². The van der Waals surface area contributed by atoms with Gasteiger partial charge in [0.15, 0.2) is 0 Å². The molecule has 166 valence electrons. The first-order valence-electron chi connectivity index (χ1n) is 12.8. The van der Waals surface area contributed by atoms with E-state index in [-0.39, 0.29) is 6.10 Å². The van der Waals surface area contributed by atoms with Crippen LogP contribution in [0.5, 0.6) is 0 Å². The van der Waals surface area contributed by atoms with Crippen LogP contribution in [0, 0.1) is 46.3 Å². The Balaban J connectivity index is 1.51. The highest BCUT2D eigenvalue weighted by molar-refractivity contribution is 14.1. The molecule has 0 unspecified atom stereocenters. The van der Waals surface area contributed by atoms with Crippen LogP contribution < -0.4 is 0 Å². The van der Waals surface area contributed by atoms with Crippen LogP contribution in [0.4, 0.5) is 0 Å². The van der Waals surface area contributed by atoms with Crippen molar-refractivity contribution in [3.8, 4) is 0 Å². The van der Waals surface area contributed by atoms with Gasteiger partial charge in [-0.1, -0.05) is 81.2 Å². The standard InChI is InChI=1S/C27H45IO/c1-18(2)6-5-7-19(3)23-10-11-24-22-9-8-20-16-21(29)12-15-27(20,17-28)25(22)13-14-26(23,24)4/h8,18-19,21-25,29H,5-7,9-17H2,1-4H3/t19-,21-,22-,23+,24+,25-,26+,27+/m0/s1. The van der Waals surface area contributed by atoms with Crippen molar-refractivity contribution in [1.29, 1.82) is 0 Å². The minimum atomic E-state index is -0.0784. The van der Waals surface area contributed by atoms with Crippen LogP contribution in [0.15, 0.2) is 11.6 Å². The second-order valence-electron chi connectivity index (χ2n) is 12.1. The summed E-state index contributed by atoms with van der Waals surface area (Å²) in [6.45, 7) is 10.0. The molecule has 8 atom stereocenters. The number of allylic oxidation sites excluding steroid dienone is 1. The molecule has 0 spiro atoms. The zero-order valence-corrected chi connectivity index (χ0v) is 21.6. The van der Waals surface area contributed by atoms with Crippen LogP contribution in [0.3, 0.4) is 0 Å². The molecule has 4 rings (SSSR count). The van der Waals surface area contributed by atoms with Gasteiger partial charge in [0.25, 0.3) is 0 Å². The summed E-state index contributed by atoms with van der Waals surface area (Å²) >= 11 is 2.68. The molecule has 0 bridgehead atoms. The minimum Gasteiger partial charge on any atom is -0.393 e. The molecule has 0 aromatic heterocycles. The van der Waals surface area contributed by atoms with Crippen molar-refractivity contribution in [3.05, 3.63) is 11.6 Å². The lowest BCUT2D eigenvalue weighted by Gasteiger charge is -2.59. The van der Waals surface area contributed by atoms with Crippen molar-refractivity contribution in [1.82, 2.24) is 0 Å². The van der Waals surface area contributed by atoms with Crippen LogP contribution >= 0.6 is 22.6 Å². The van der Waals surface area contributed by atoms with E-state index in [1.54, 1.807) is 5.57 Å². The summed E-state index contributed by atoms with van der Waals surface area (Å²) in [4.78, 5) is 0. The van der Waals surface area contributed by atoms with Gasteiger partial charge in [-0.05, 0) is 92.3 Å². The number of rotatable bonds is 6. The number of fused-ring (bicyclic) bond motifs is 5. The average molecular weight is 513 g/mol. The Kier molecular flexibility index (Phi) is 6.83. The smallest absolute Gasteiger partial charge is 0.0577 e. The highest BCUT2D eigenvalue weighted by Crippen LogP contribution is 2.67. The fraction of sp³-hybridized carbons (Fsp3) is 0.926. The lowest BCUT2D eigenvalue weighted by Crippen LogP contribution is -2.52. The number of aliphatic hydroxyl groups is 1. The molecule has 4 aliphatic carbocycles. The van der Waals surface area contributed by atoms with Crippen molar-refractivity contribution in [2.75, 3.05) is 4.43 Å². The van der Waals surface area contributed by atoms with Gasteiger partial charge >= 0.3 is 0 Å². The number of hydrogen-bond donors (Lipinski definition) is 1. The second kappa shape index (κ2) is 8.75. The summed E-state index contributed by atoms with van der Waals surface area (Å²) < 4.78 is 1.27. The Morgan fingerprint density at radius 3 is 2.59 bits per heavy atom. The molecule has 0 aromatic rings. The lowest BCUT2D eigenvalue weighted by atomic mass is 9.47. The quantitative estimate of drug-likeness (QED) is 0.219. The van der Waals surface area contributed by atoms with Crippen LogP contribution in [-0.4, -0.2) is 15.6 Å². The van der Waals surface area contributed by atoms with Crippen molar-refractivity contribution in [2.24, 2.45) is 46.3 Å². The molecule has 0 radical (unpaired) electrons. The summed E-state index contributed by atoms with van der Waals surface area (Å²) in [6.07, 6.45) is 17.2. The number of halogens is 1. The molecule has 29 heavy (non-hydrogen) atoms. The van der Waals surface area contributed by atoms with Crippen molar-refractivity contribution in [3.63, 3.8) is 0 Å². The molecule has 1 N–H and O–H groups in total. The normalized spacial score (nSPS) is 45.3. The third-order valence-electron chi connectivity index (χ3n) is 10.2. The SMILES string of the molecule is CC(C)CCC[C@H](C)[C@H]1CC[C@@H]2[C@@H]3CC=C4C[C@@H](O)CC[C@]4(CI)[C@H]3CC[C@@]21C. The molecule has 3 fully saturated rings. The van der Waals surface area contributed by atoms with E-state index in [0.717, 1.165) is 48.3 Å². The first-order valence-corrected chi connectivity index (χ1v) is 14.3. The van der Waals surface area contributed by atoms with Crippen LogP contribution in [0.2, 0.25) is 0 Å².